The molecule has 0 saturated carbocycles. The summed E-state index contributed by atoms with van der Waals surface area (Å²) in [6, 6.07) is 5.77. The number of methoxy groups -OCH3 is 1. The minimum atomic E-state index is 0.332. The van der Waals surface area contributed by atoms with Gasteiger partial charge in [0.05, 0.1) is 32.1 Å². The van der Waals surface area contributed by atoms with E-state index in [4.69, 9.17) is 23.4 Å². The maximum absolute atomic E-state index is 5.78. The van der Waals surface area contributed by atoms with E-state index in [2.05, 4.69) is 20.6 Å². The van der Waals surface area contributed by atoms with E-state index in [9.17, 15) is 0 Å². The van der Waals surface area contributed by atoms with Gasteiger partial charge < -0.3 is 34.0 Å². The summed E-state index contributed by atoms with van der Waals surface area (Å²) in [6.07, 6.45) is 1.70. The van der Waals surface area contributed by atoms with Gasteiger partial charge in [-0.15, -0.1) is 0 Å². The Morgan fingerprint density at radius 1 is 1.13 bits per heavy atom. The van der Waals surface area contributed by atoms with Gasteiger partial charge in [0.2, 0.25) is 5.89 Å². The highest BCUT2D eigenvalue weighted by molar-refractivity contribution is 5.93. The predicted molar refractivity (Wildman–Crippen MR) is 118 cm³/mol. The summed E-state index contributed by atoms with van der Waals surface area (Å²) < 4.78 is 27.6. The van der Waals surface area contributed by atoms with Gasteiger partial charge in [-0.25, -0.2) is 9.98 Å². The van der Waals surface area contributed by atoms with Crippen molar-refractivity contribution >= 4 is 11.6 Å². The molecule has 9 heteroatoms. The van der Waals surface area contributed by atoms with E-state index in [0.717, 1.165) is 41.5 Å². The van der Waals surface area contributed by atoms with Crippen LogP contribution in [0.4, 0.5) is 5.69 Å². The molecule has 0 fully saturated rings. The number of oxazole rings is 1. The molecule has 0 spiro atoms. The van der Waals surface area contributed by atoms with Gasteiger partial charge in [-0.3, -0.25) is 0 Å². The molecule has 2 N–H and O–H groups in total. The molecule has 0 aliphatic carbocycles. The van der Waals surface area contributed by atoms with Crippen molar-refractivity contribution in [2.24, 2.45) is 4.99 Å². The number of hydrogen-bond acceptors (Lipinski definition) is 7. The van der Waals surface area contributed by atoms with Crippen LogP contribution >= 0.6 is 0 Å². The Labute approximate surface area is 183 Å². The molecular weight excluding hydrogens is 400 g/mol. The van der Waals surface area contributed by atoms with Crippen molar-refractivity contribution in [3.05, 3.63) is 35.5 Å². The number of rotatable bonds is 10. The number of aromatic nitrogens is 1. The summed E-state index contributed by atoms with van der Waals surface area (Å²) in [5.41, 5.74) is 1.73. The van der Waals surface area contributed by atoms with E-state index in [1.807, 2.05) is 32.0 Å². The van der Waals surface area contributed by atoms with Crippen LogP contribution < -0.4 is 20.1 Å². The van der Waals surface area contributed by atoms with Crippen molar-refractivity contribution in [3.63, 3.8) is 0 Å². The van der Waals surface area contributed by atoms with Crippen LogP contribution in [0.5, 0.6) is 11.5 Å². The van der Waals surface area contributed by atoms with Crippen molar-refractivity contribution in [2.45, 2.75) is 33.2 Å². The smallest absolute Gasteiger partial charge is 0.216 e. The lowest BCUT2D eigenvalue weighted by atomic mass is 10.2. The van der Waals surface area contributed by atoms with Gasteiger partial charge in [0.15, 0.2) is 17.5 Å². The molecular formula is C22H32N4O5. The first-order chi connectivity index (χ1) is 15.2. The fraction of sp³-hybridized carbons (Fsp3) is 0.545. The van der Waals surface area contributed by atoms with Gasteiger partial charge in [0.25, 0.3) is 0 Å². The Morgan fingerprint density at radius 2 is 1.97 bits per heavy atom. The lowest BCUT2D eigenvalue weighted by Crippen LogP contribution is -2.32. The first-order valence-corrected chi connectivity index (χ1v) is 10.6. The number of aliphatic imine (C=N–C) groups is 1. The second-order valence-corrected chi connectivity index (χ2v) is 7.14. The van der Waals surface area contributed by atoms with Crippen LogP contribution in [0.25, 0.3) is 0 Å². The van der Waals surface area contributed by atoms with E-state index < -0.39 is 0 Å². The lowest BCUT2D eigenvalue weighted by molar-refractivity contribution is 0.0699. The molecule has 2 heterocycles. The highest BCUT2D eigenvalue weighted by Crippen LogP contribution is 2.32. The molecule has 1 aromatic carbocycles. The summed E-state index contributed by atoms with van der Waals surface area (Å²) >= 11 is 0. The van der Waals surface area contributed by atoms with Crippen molar-refractivity contribution in [1.29, 1.82) is 0 Å². The molecule has 1 aliphatic rings. The molecule has 3 rings (SSSR count). The molecule has 0 amide bonds. The molecule has 0 unspecified atom stereocenters. The Bertz CT molecular complexity index is 833. The normalized spacial score (nSPS) is 13.7. The summed E-state index contributed by atoms with van der Waals surface area (Å²) in [5.74, 6) is 3.50. The van der Waals surface area contributed by atoms with Crippen LogP contribution in [0.2, 0.25) is 0 Å². The fourth-order valence-corrected chi connectivity index (χ4v) is 2.90. The van der Waals surface area contributed by atoms with Gasteiger partial charge in [0.1, 0.15) is 12.3 Å². The topological polar surface area (TPSA) is 99.4 Å². The van der Waals surface area contributed by atoms with Gasteiger partial charge in [-0.2, -0.15) is 0 Å². The summed E-state index contributed by atoms with van der Waals surface area (Å²) in [5, 5.41) is 6.65. The zero-order chi connectivity index (χ0) is 21.9. The number of anilines is 1. The zero-order valence-corrected chi connectivity index (χ0v) is 18.5. The van der Waals surface area contributed by atoms with Crippen LogP contribution in [-0.2, 0) is 16.0 Å². The quantitative estimate of drug-likeness (QED) is 0.336. The van der Waals surface area contributed by atoms with E-state index in [1.54, 1.807) is 7.11 Å². The second kappa shape index (κ2) is 12.2. The first-order valence-electron chi connectivity index (χ1n) is 10.6. The molecule has 0 atom stereocenters. The van der Waals surface area contributed by atoms with E-state index in [-0.39, 0.29) is 0 Å². The molecule has 1 aliphatic heterocycles. The van der Waals surface area contributed by atoms with E-state index in [1.165, 1.54) is 0 Å². The number of fused-ring (bicyclic) bond motifs is 1. The third kappa shape index (κ3) is 7.45. The molecule has 2 aromatic rings. The van der Waals surface area contributed by atoms with Crippen LogP contribution in [-0.4, -0.2) is 57.6 Å². The number of ether oxygens (including phenoxy) is 4. The number of aryl methyl sites for hydroxylation is 2. The zero-order valence-electron chi connectivity index (χ0n) is 18.5. The average molecular weight is 433 g/mol. The van der Waals surface area contributed by atoms with E-state index in [0.29, 0.717) is 58.0 Å². The number of nitrogens with zero attached hydrogens (tertiary/aromatic N) is 2. The second-order valence-electron chi connectivity index (χ2n) is 7.14. The fourth-order valence-electron chi connectivity index (χ4n) is 2.90. The predicted octanol–water partition coefficient (Wildman–Crippen LogP) is 3.06. The minimum absolute atomic E-state index is 0.332. The van der Waals surface area contributed by atoms with Crippen molar-refractivity contribution in [2.75, 3.05) is 52.0 Å². The van der Waals surface area contributed by atoms with Gasteiger partial charge in [-0.05, 0) is 32.4 Å². The number of hydrogen-bond donors (Lipinski definition) is 2. The van der Waals surface area contributed by atoms with E-state index >= 15 is 0 Å². The maximum atomic E-state index is 5.78. The summed E-state index contributed by atoms with van der Waals surface area (Å²) in [4.78, 5) is 9.02. The largest absolute Gasteiger partial charge is 0.490 e. The molecule has 0 bridgehead atoms. The molecule has 1 aromatic heterocycles. The Morgan fingerprint density at radius 3 is 2.74 bits per heavy atom. The van der Waals surface area contributed by atoms with Crippen molar-refractivity contribution in [1.82, 2.24) is 10.3 Å². The average Bonchev–Trinajstić information content (AvgIpc) is 2.94. The maximum Gasteiger partial charge on any atom is 0.216 e. The van der Waals surface area contributed by atoms with Crippen LogP contribution in [0, 0.1) is 13.8 Å². The van der Waals surface area contributed by atoms with Crippen LogP contribution in [0.15, 0.2) is 27.6 Å². The molecule has 31 heavy (non-hydrogen) atoms. The number of nitrogens with one attached hydrogen (secondary N) is 2. The Kier molecular flexibility index (Phi) is 8.99. The monoisotopic (exact) mass is 432 g/mol. The lowest BCUT2D eigenvalue weighted by Gasteiger charge is -2.14. The highest BCUT2D eigenvalue weighted by Gasteiger charge is 2.12. The molecule has 0 saturated heterocycles. The number of guanidine groups is 1. The molecule has 0 radical (unpaired) electrons. The molecule has 9 nitrogen and oxygen atoms in total. The van der Waals surface area contributed by atoms with Gasteiger partial charge in [0, 0.05) is 38.4 Å². The third-order valence-corrected chi connectivity index (χ3v) is 4.65. The van der Waals surface area contributed by atoms with Crippen molar-refractivity contribution in [3.8, 4) is 11.5 Å². The Hall–Kier alpha value is -2.78. The van der Waals surface area contributed by atoms with Crippen LogP contribution in [0.1, 0.15) is 30.2 Å². The number of benzene rings is 1. The first kappa shape index (κ1) is 22.9. The third-order valence-electron chi connectivity index (χ3n) is 4.65. The highest BCUT2D eigenvalue weighted by atomic mass is 16.5. The summed E-state index contributed by atoms with van der Waals surface area (Å²) in [7, 11) is 1.66. The van der Waals surface area contributed by atoms with Crippen LogP contribution in [0.3, 0.4) is 0 Å². The summed E-state index contributed by atoms with van der Waals surface area (Å²) in [6.45, 7) is 7.99. The standard InChI is InChI=1S/C22H32N4O5/c1-16-17(2)31-21(25-16)15-24-22(23-8-4-9-28-13-12-27-3)26-18-6-7-19-20(14-18)30-11-5-10-29-19/h6-7,14H,4-5,8-13,15H2,1-3H3,(H2,23,24,26). The van der Waals surface area contributed by atoms with Gasteiger partial charge in [-0.1, -0.05) is 0 Å². The Balaban J connectivity index is 1.61. The van der Waals surface area contributed by atoms with Gasteiger partial charge >= 0.3 is 0 Å². The minimum Gasteiger partial charge on any atom is -0.490 e. The SMILES string of the molecule is COCCOCCCNC(=NCc1nc(C)c(C)o1)Nc1ccc2c(c1)OCCCO2. The van der Waals surface area contributed by atoms with Crippen molar-refractivity contribution < 1.29 is 23.4 Å². The molecule has 170 valence electrons.